The number of ketones is 1. The van der Waals surface area contributed by atoms with Crippen LogP contribution in [0.15, 0.2) is 36.4 Å². The van der Waals surface area contributed by atoms with Gasteiger partial charge in [0.2, 0.25) is 0 Å². The standard InChI is InChI=1S/C19H20O4/c1-12-9-13(2)18(14(3)10-12)19(21)23-11-17(20)15-5-7-16(22-4)8-6-15/h5-10H,11H2,1-4H3. The highest BCUT2D eigenvalue weighted by Gasteiger charge is 2.16. The van der Waals surface area contributed by atoms with Gasteiger partial charge in [0, 0.05) is 5.56 Å². The van der Waals surface area contributed by atoms with Gasteiger partial charge in [-0.15, -0.1) is 0 Å². The van der Waals surface area contributed by atoms with Crippen molar-refractivity contribution in [3.8, 4) is 5.75 Å². The average molecular weight is 312 g/mol. The van der Waals surface area contributed by atoms with Crippen LogP contribution in [0.3, 0.4) is 0 Å². The minimum atomic E-state index is -0.470. The van der Waals surface area contributed by atoms with Crippen molar-refractivity contribution >= 4 is 11.8 Å². The lowest BCUT2D eigenvalue weighted by atomic mass is 10.00. The number of Topliss-reactive ketones (excluding diaryl/α,β-unsaturated/α-hetero) is 1. The lowest BCUT2D eigenvalue weighted by Gasteiger charge is -2.11. The molecule has 0 aliphatic carbocycles. The summed E-state index contributed by atoms with van der Waals surface area (Å²) in [6.07, 6.45) is 0. The Hall–Kier alpha value is -2.62. The van der Waals surface area contributed by atoms with E-state index < -0.39 is 5.97 Å². The lowest BCUT2D eigenvalue weighted by Crippen LogP contribution is -2.16. The molecular weight excluding hydrogens is 292 g/mol. The summed E-state index contributed by atoms with van der Waals surface area (Å²) in [7, 11) is 1.56. The summed E-state index contributed by atoms with van der Waals surface area (Å²) < 4.78 is 10.2. The Morgan fingerprint density at radius 3 is 2.04 bits per heavy atom. The molecule has 0 saturated heterocycles. The normalized spacial score (nSPS) is 10.3. The first-order chi connectivity index (χ1) is 10.9. The molecule has 0 heterocycles. The minimum Gasteiger partial charge on any atom is -0.497 e. The molecule has 2 aromatic carbocycles. The summed E-state index contributed by atoms with van der Waals surface area (Å²) in [4.78, 5) is 24.3. The quantitative estimate of drug-likeness (QED) is 0.624. The Balaban J connectivity index is 2.05. The second-order valence-corrected chi connectivity index (χ2v) is 5.50. The fraction of sp³-hybridized carbons (Fsp3) is 0.263. The predicted molar refractivity (Wildman–Crippen MR) is 88.3 cm³/mol. The number of ether oxygens (including phenoxy) is 2. The maximum Gasteiger partial charge on any atom is 0.339 e. The van der Waals surface area contributed by atoms with E-state index in [9.17, 15) is 9.59 Å². The molecule has 120 valence electrons. The van der Waals surface area contributed by atoms with E-state index in [1.165, 1.54) is 0 Å². The van der Waals surface area contributed by atoms with E-state index in [1.807, 2.05) is 32.9 Å². The monoisotopic (exact) mass is 312 g/mol. The maximum absolute atomic E-state index is 12.2. The van der Waals surface area contributed by atoms with Gasteiger partial charge >= 0.3 is 5.97 Å². The van der Waals surface area contributed by atoms with Crippen LogP contribution in [-0.4, -0.2) is 25.5 Å². The van der Waals surface area contributed by atoms with Gasteiger partial charge in [-0.3, -0.25) is 4.79 Å². The van der Waals surface area contributed by atoms with Gasteiger partial charge in [-0.2, -0.15) is 0 Å². The second kappa shape index (κ2) is 7.09. The summed E-state index contributed by atoms with van der Waals surface area (Å²) in [5, 5.41) is 0. The fourth-order valence-corrected chi connectivity index (χ4v) is 2.57. The van der Waals surface area contributed by atoms with Crippen LogP contribution in [0, 0.1) is 20.8 Å². The molecule has 0 N–H and O–H groups in total. The van der Waals surface area contributed by atoms with Crippen LogP contribution < -0.4 is 4.74 Å². The first kappa shape index (κ1) is 16.7. The minimum absolute atomic E-state index is 0.247. The highest BCUT2D eigenvalue weighted by Crippen LogP contribution is 2.18. The molecule has 0 aromatic heterocycles. The van der Waals surface area contributed by atoms with Gasteiger partial charge in [-0.25, -0.2) is 4.79 Å². The van der Waals surface area contributed by atoms with E-state index in [2.05, 4.69) is 0 Å². The summed E-state index contributed by atoms with van der Waals surface area (Å²) in [5.74, 6) is -0.0465. The van der Waals surface area contributed by atoms with E-state index in [0.29, 0.717) is 16.9 Å². The van der Waals surface area contributed by atoms with Crippen LogP contribution in [0.25, 0.3) is 0 Å². The highest BCUT2D eigenvalue weighted by molar-refractivity contribution is 6.00. The number of hydrogen-bond donors (Lipinski definition) is 0. The highest BCUT2D eigenvalue weighted by atomic mass is 16.5. The smallest absolute Gasteiger partial charge is 0.339 e. The molecule has 0 aliphatic heterocycles. The van der Waals surface area contributed by atoms with E-state index in [4.69, 9.17) is 9.47 Å². The summed E-state index contributed by atoms with van der Waals surface area (Å²) in [6, 6.07) is 10.5. The molecule has 4 heteroatoms. The maximum atomic E-state index is 12.2. The third-order valence-corrected chi connectivity index (χ3v) is 3.63. The van der Waals surface area contributed by atoms with Crippen LogP contribution in [0.1, 0.15) is 37.4 Å². The Bertz CT molecular complexity index is 707. The van der Waals surface area contributed by atoms with Crippen LogP contribution in [0.5, 0.6) is 5.75 Å². The van der Waals surface area contributed by atoms with Crippen molar-refractivity contribution in [2.75, 3.05) is 13.7 Å². The second-order valence-electron chi connectivity index (χ2n) is 5.50. The van der Waals surface area contributed by atoms with Gasteiger partial charge in [0.15, 0.2) is 12.4 Å². The summed E-state index contributed by atoms with van der Waals surface area (Å²) >= 11 is 0. The predicted octanol–water partition coefficient (Wildman–Crippen LogP) is 3.66. The molecule has 0 radical (unpaired) electrons. The number of aryl methyl sites for hydroxylation is 3. The van der Waals surface area contributed by atoms with Crippen molar-refractivity contribution in [2.24, 2.45) is 0 Å². The molecule has 4 nitrogen and oxygen atoms in total. The Labute approximate surface area is 136 Å². The van der Waals surface area contributed by atoms with Crippen molar-refractivity contribution in [3.05, 3.63) is 64.2 Å². The number of rotatable bonds is 5. The number of benzene rings is 2. The van der Waals surface area contributed by atoms with Gasteiger partial charge < -0.3 is 9.47 Å². The van der Waals surface area contributed by atoms with Gasteiger partial charge in [0.05, 0.1) is 12.7 Å². The molecule has 2 aromatic rings. The summed E-state index contributed by atoms with van der Waals surface area (Å²) in [6.45, 7) is 5.42. The molecule has 23 heavy (non-hydrogen) atoms. The Kier molecular flexibility index (Phi) is 5.16. The van der Waals surface area contributed by atoms with Gasteiger partial charge in [-0.1, -0.05) is 17.7 Å². The molecule has 0 fully saturated rings. The van der Waals surface area contributed by atoms with E-state index in [1.54, 1.807) is 31.4 Å². The van der Waals surface area contributed by atoms with Crippen molar-refractivity contribution in [1.82, 2.24) is 0 Å². The lowest BCUT2D eigenvalue weighted by molar-refractivity contribution is 0.0473. The van der Waals surface area contributed by atoms with Crippen molar-refractivity contribution < 1.29 is 19.1 Å². The average Bonchev–Trinajstić information content (AvgIpc) is 2.51. The van der Waals surface area contributed by atoms with Crippen molar-refractivity contribution in [2.45, 2.75) is 20.8 Å². The van der Waals surface area contributed by atoms with Gasteiger partial charge in [0.1, 0.15) is 5.75 Å². The van der Waals surface area contributed by atoms with E-state index in [-0.39, 0.29) is 12.4 Å². The van der Waals surface area contributed by atoms with Crippen LogP contribution >= 0.6 is 0 Å². The van der Waals surface area contributed by atoms with Crippen LogP contribution in [0.4, 0.5) is 0 Å². The largest absolute Gasteiger partial charge is 0.497 e. The van der Waals surface area contributed by atoms with Crippen LogP contribution in [-0.2, 0) is 4.74 Å². The topological polar surface area (TPSA) is 52.6 Å². The summed E-state index contributed by atoms with van der Waals surface area (Å²) in [5.41, 5.74) is 3.80. The van der Waals surface area contributed by atoms with E-state index in [0.717, 1.165) is 16.7 Å². The molecule has 0 amide bonds. The Morgan fingerprint density at radius 2 is 1.52 bits per heavy atom. The molecule has 0 aliphatic rings. The SMILES string of the molecule is COc1ccc(C(=O)COC(=O)c2c(C)cc(C)cc2C)cc1. The number of hydrogen-bond acceptors (Lipinski definition) is 4. The molecule has 0 spiro atoms. The molecular formula is C19H20O4. The molecule has 0 unspecified atom stereocenters. The molecule has 0 bridgehead atoms. The zero-order valence-corrected chi connectivity index (χ0v) is 13.8. The number of esters is 1. The zero-order valence-electron chi connectivity index (χ0n) is 13.8. The third kappa shape index (κ3) is 3.97. The Morgan fingerprint density at radius 1 is 0.957 bits per heavy atom. The zero-order chi connectivity index (χ0) is 17.0. The van der Waals surface area contributed by atoms with E-state index >= 15 is 0 Å². The first-order valence-electron chi connectivity index (χ1n) is 7.34. The fourth-order valence-electron chi connectivity index (χ4n) is 2.57. The van der Waals surface area contributed by atoms with Gasteiger partial charge in [0.25, 0.3) is 0 Å². The third-order valence-electron chi connectivity index (χ3n) is 3.63. The molecule has 0 saturated carbocycles. The first-order valence-corrected chi connectivity index (χ1v) is 7.34. The number of carbonyl (C=O) groups excluding carboxylic acids is 2. The molecule has 0 atom stereocenters. The van der Waals surface area contributed by atoms with Crippen LogP contribution in [0.2, 0.25) is 0 Å². The number of carbonyl (C=O) groups is 2. The van der Waals surface area contributed by atoms with Crippen molar-refractivity contribution in [3.63, 3.8) is 0 Å². The van der Waals surface area contributed by atoms with Crippen molar-refractivity contribution in [1.29, 1.82) is 0 Å². The number of methoxy groups -OCH3 is 1. The van der Waals surface area contributed by atoms with Gasteiger partial charge in [-0.05, 0) is 56.2 Å². The molecule has 2 rings (SSSR count).